The monoisotopic (exact) mass is 698 g/mol. The van der Waals surface area contributed by atoms with Crippen LogP contribution in [-0.4, -0.2) is 0 Å². The molecule has 0 fully saturated rings. The largest absolute Gasteiger partial charge is 0.0616 e. The maximum absolute atomic E-state index is 2.43. The highest BCUT2D eigenvalue weighted by Crippen LogP contribution is 2.52. The van der Waals surface area contributed by atoms with Crippen LogP contribution in [0.3, 0.4) is 0 Å². The van der Waals surface area contributed by atoms with Crippen LogP contribution in [-0.2, 0) is 5.41 Å². The van der Waals surface area contributed by atoms with Gasteiger partial charge in [0.25, 0.3) is 0 Å². The van der Waals surface area contributed by atoms with Gasteiger partial charge in [0.15, 0.2) is 0 Å². The molecule has 0 unspecified atom stereocenters. The minimum Gasteiger partial charge on any atom is -0.0616 e. The Kier molecular flexibility index (Phi) is 7.00. The first kappa shape index (κ1) is 31.7. The van der Waals surface area contributed by atoms with Gasteiger partial charge in [0.05, 0.1) is 0 Å². The fourth-order valence-electron chi connectivity index (χ4n) is 9.56. The van der Waals surface area contributed by atoms with Crippen LogP contribution in [0.5, 0.6) is 0 Å². The lowest BCUT2D eigenvalue weighted by molar-refractivity contribution is 0.666. The first-order valence-electron chi connectivity index (χ1n) is 19.3. The zero-order valence-corrected chi connectivity index (χ0v) is 31.0. The third-order valence-corrected chi connectivity index (χ3v) is 12.2. The molecule has 0 radical (unpaired) electrons. The maximum Gasteiger partial charge on any atom is 0.0165 e. The topological polar surface area (TPSA) is 0 Å². The molecule has 0 bridgehead atoms. The third-order valence-electron chi connectivity index (χ3n) is 12.2. The summed E-state index contributed by atoms with van der Waals surface area (Å²) in [7, 11) is 0. The van der Waals surface area contributed by atoms with Crippen molar-refractivity contribution < 1.29 is 0 Å². The number of fused-ring (bicyclic) bond motifs is 8. The number of hydrogen-bond donors (Lipinski definition) is 0. The second-order valence-corrected chi connectivity index (χ2v) is 15.7. The number of rotatable bonds is 4. The standard InChI is InChI=1S/C55H38/c1-55(2)51-34-43(30-31-45(51)50-32-29-38-12-5-6-14-44(38)54(50)55)37-21-26-40(27-22-37)53-48-17-9-7-15-46(48)52(47-16-8-10-18-49(47)53)39-24-19-36(20-25-39)42-28-23-35-11-3-4-13-41(35)33-42/h3-34H,1-2H3. The van der Waals surface area contributed by atoms with Crippen molar-refractivity contribution in [3.8, 4) is 55.6 Å². The minimum atomic E-state index is -0.0855. The van der Waals surface area contributed by atoms with Crippen LogP contribution in [0.15, 0.2) is 194 Å². The SMILES string of the molecule is CC1(C)c2cc(-c3ccc(-c4c5ccccc5c(-c5ccc(-c6ccc7ccccc7c6)cc5)c5ccccc45)cc3)ccc2-c2ccc3ccccc3c21. The van der Waals surface area contributed by atoms with Gasteiger partial charge < -0.3 is 0 Å². The molecule has 258 valence electrons. The van der Waals surface area contributed by atoms with Gasteiger partial charge in [-0.25, -0.2) is 0 Å². The van der Waals surface area contributed by atoms with Crippen LogP contribution >= 0.6 is 0 Å². The Balaban J connectivity index is 0.989. The van der Waals surface area contributed by atoms with Crippen molar-refractivity contribution in [1.29, 1.82) is 0 Å². The van der Waals surface area contributed by atoms with E-state index in [0.29, 0.717) is 0 Å². The Morgan fingerprint density at radius 1 is 0.291 bits per heavy atom. The van der Waals surface area contributed by atoms with Gasteiger partial charge in [0.2, 0.25) is 0 Å². The van der Waals surface area contributed by atoms with Crippen molar-refractivity contribution in [1.82, 2.24) is 0 Å². The van der Waals surface area contributed by atoms with Gasteiger partial charge in [0, 0.05) is 5.41 Å². The quantitative estimate of drug-likeness (QED) is 0.161. The first-order valence-corrected chi connectivity index (χ1v) is 19.3. The van der Waals surface area contributed by atoms with Gasteiger partial charge in [-0.3, -0.25) is 0 Å². The van der Waals surface area contributed by atoms with E-state index in [4.69, 9.17) is 0 Å². The molecular formula is C55H38. The Morgan fingerprint density at radius 2 is 0.691 bits per heavy atom. The molecule has 1 aliphatic carbocycles. The van der Waals surface area contributed by atoms with Gasteiger partial charge in [-0.15, -0.1) is 0 Å². The summed E-state index contributed by atoms with van der Waals surface area (Å²) in [4.78, 5) is 0. The molecule has 0 saturated carbocycles. The molecule has 55 heavy (non-hydrogen) atoms. The summed E-state index contributed by atoms with van der Waals surface area (Å²) in [5, 5.41) is 10.3. The van der Waals surface area contributed by atoms with E-state index in [1.165, 1.54) is 110 Å². The molecule has 0 heteroatoms. The molecule has 0 amide bonds. The highest BCUT2D eigenvalue weighted by atomic mass is 14.4. The van der Waals surface area contributed by atoms with Crippen molar-refractivity contribution in [2.75, 3.05) is 0 Å². The summed E-state index contributed by atoms with van der Waals surface area (Å²) in [6.45, 7) is 4.77. The molecule has 0 nitrogen and oxygen atoms in total. The van der Waals surface area contributed by atoms with E-state index >= 15 is 0 Å². The summed E-state index contributed by atoms with van der Waals surface area (Å²) in [5.74, 6) is 0. The molecule has 0 aromatic heterocycles. The van der Waals surface area contributed by atoms with Crippen molar-refractivity contribution >= 4 is 43.1 Å². The van der Waals surface area contributed by atoms with Gasteiger partial charge in [-0.2, -0.15) is 0 Å². The normalized spacial score (nSPS) is 13.1. The van der Waals surface area contributed by atoms with E-state index in [1.54, 1.807) is 0 Å². The zero-order valence-electron chi connectivity index (χ0n) is 31.0. The molecule has 1 aliphatic rings. The van der Waals surface area contributed by atoms with Gasteiger partial charge in [0.1, 0.15) is 0 Å². The van der Waals surface area contributed by atoms with Crippen LogP contribution in [0.2, 0.25) is 0 Å². The van der Waals surface area contributed by atoms with Crippen molar-refractivity contribution in [2.24, 2.45) is 0 Å². The van der Waals surface area contributed by atoms with Gasteiger partial charge >= 0.3 is 0 Å². The molecule has 0 saturated heterocycles. The second-order valence-electron chi connectivity index (χ2n) is 15.7. The summed E-state index contributed by atoms with van der Waals surface area (Å²) < 4.78 is 0. The van der Waals surface area contributed by atoms with Gasteiger partial charge in [-0.05, 0) is 122 Å². The predicted octanol–water partition coefficient (Wildman–Crippen LogP) is 15.3. The molecule has 10 aromatic rings. The molecule has 10 aromatic carbocycles. The van der Waals surface area contributed by atoms with Crippen LogP contribution in [0, 0.1) is 0 Å². The van der Waals surface area contributed by atoms with E-state index in [2.05, 4.69) is 208 Å². The van der Waals surface area contributed by atoms with E-state index in [0.717, 1.165) is 0 Å². The Labute approximate surface area is 322 Å². The van der Waals surface area contributed by atoms with E-state index < -0.39 is 0 Å². The third kappa shape index (κ3) is 4.92. The predicted molar refractivity (Wildman–Crippen MR) is 236 cm³/mol. The molecule has 0 spiro atoms. The Hall–Kier alpha value is -6.76. The Morgan fingerprint density at radius 3 is 1.27 bits per heavy atom. The highest BCUT2D eigenvalue weighted by Gasteiger charge is 2.37. The van der Waals surface area contributed by atoms with Gasteiger partial charge in [-0.1, -0.05) is 196 Å². The molecule has 0 aliphatic heterocycles. The van der Waals surface area contributed by atoms with Crippen LogP contribution in [0.25, 0.3) is 98.7 Å². The molecule has 0 heterocycles. The van der Waals surface area contributed by atoms with Crippen molar-refractivity contribution in [2.45, 2.75) is 19.3 Å². The molecule has 11 rings (SSSR count). The molecular weight excluding hydrogens is 661 g/mol. The first-order chi connectivity index (χ1) is 27.0. The fraction of sp³-hybridized carbons (Fsp3) is 0.0545. The fourth-order valence-corrected chi connectivity index (χ4v) is 9.56. The van der Waals surface area contributed by atoms with Crippen LogP contribution in [0.1, 0.15) is 25.0 Å². The second kappa shape index (κ2) is 12.1. The van der Waals surface area contributed by atoms with Crippen molar-refractivity contribution in [3.63, 3.8) is 0 Å². The lowest BCUT2D eigenvalue weighted by atomic mass is 9.79. The van der Waals surface area contributed by atoms with Crippen LogP contribution in [0.4, 0.5) is 0 Å². The van der Waals surface area contributed by atoms with E-state index in [1.807, 2.05) is 0 Å². The molecule has 0 N–H and O–H groups in total. The summed E-state index contributed by atoms with van der Waals surface area (Å²) in [6.07, 6.45) is 0. The smallest absolute Gasteiger partial charge is 0.0165 e. The minimum absolute atomic E-state index is 0.0855. The zero-order chi connectivity index (χ0) is 36.7. The van der Waals surface area contributed by atoms with E-state index in [9.17, 15) is 0 Å². The van der Waals surface area contributed by atoms with Crippen LogP contribution < -0.4 is 0 Å². The van der Waals surface area contributed by atoms with Crippen molar-refractivity contribution in [3.05, 3.63) is 205 Å². The average molecular weight is 699 g/mol. The highest BCUT2D eigenvalue weighted by molar-refractivity contribution is 6.21. The maximum atomic E-state index is 2.43. The summed E-state index contributed by atoms with van der Waals surface area (Å²) >= 11 is 0. The Bertz CT molecular complexity index is 3080. The average Bonchev–Trinajstić information content (AvgIpc) is 3.48. The summed E-state index contributed by atoms with van der Waals surface area (Å²) in [6, 6.07) is 72.1. The lowest BCUT2D eigenvalue weighted by Gasteiger charge is -2.23. The number of hydrogen-bond acceptors (Lipinski definition) is 0. The molecule has 0 atom stereocenters. The number of benzene rings is 10. The summed E-state index contributed by atoms with van der Waals surface area (Å²) in [5.41, 5.74) is 15.5. The lowest BCUT2D eigenvalue weighted by Crippen LogP contribution is -2.15. The van der Waals surface area contributed by atoms with E-state index in [-0.39, 0.29) is 5.41 Å².